The summed E-state index contributed by atoms with van der Waals surface area (Å²) in [6, 6.07) is 6.50. The zero-order valence-corrected chi connectivity index (χ0v) is 18.8. The minimum atomic E-state index is 0. The summed E-state index contributed by atoms with van der Waals surface area (Å²) in [4.78, 5) is 4.74. The van der Waals surface area contributed by atoms with Gasteiger partial charge in [0.2, 0.25) is 0 Å². The molecule has 0 heterocycles. The lowest BCUT2D eigenvalue weighted by Gasteiger charge is -2.32. The second-order valence-corrected chi connectivity index (χ2v) is 6.66. The van der Waals surface area contributed by atoms with Crippen LogP contribution in [0.4, 0.5) is 0 Å². The van der Waals surface area contributed by atoms with Crippen molar-refractivity contribution in [2.75, 3.05) is 19.7 Å². The van der Waals surface area contributed by atoms with E-state index in [-0.39, 0.29) is 36.0 Å². The number of aliphatic imine (C=N–C) groups is 1. The van der Waals surface area contributed by atoms with E-state index in [9.17, 15) is 5.11 Å². The molecule has 0 saturated carbocycles. The van der Waals surface area contributed by atoms with Crippen LogP contribution in [0.15, 0.2) is 23.2 Å². The van der Waals surface area contributed by atoms with Gasteiger partial charge in [0, 0.05) is 19.7 Å². The molecule has 1 aromatic rings. The highest BCUT2D eigenvalue weighted by molar-refractivity contribution is 14.0. The average Bonchev–Trinajstić information content (AvgIpc) is 2.57. The number of hydrogen-bond acceptors (Lipinski definition) is 2. The molecule has 0 amide bonds. The number of aliphatic hydroxyl groups excluding tert-OH is 1. The van der Waals surface area contributed by atoms with Crippen LogP contribution in [0.5, 0.6) is 0 Å². The molecule has 0 atom stereocenters. The molecule has 144 valence electrons. The molecule has 0 radical (unpaired) electrons. The maximum atomic E-state index is 9.36. The van der Waals surface area contributed by atoms with Crippen molar-refractivity contribution in [2.45, 2.75) is 60.4 Å². The quantitative estimate of drug-likeness (QED) is 0.294. The number of aryl methyl sites for hydroxylation is 2. The molecule has 4 nitrogen and oxygen atoms in total. The first-order chi connectivity index (χ1) is 11.5. The average molecular weight is 461 g/mol. The van der Waals surface area contributed by atoms with Gasteiger partial charge in [-0.2, -0.15) is 0 Å². The maximum Gasteiger partial charge on any atom is 0.191 e. The highest BCUT2D eigenvalue weighted by Gasteiger charge is 2.25. The largest absolute Gasteiger partial charge is 0.396 e. The Balaban J connectivity index is 0.00000576. The van der Waals surface area contributed by atoms with Crippen LogP contribution < -0.4 is 10.6 Å². The van der Waals surface area contributed by atoms with E-state index in [1.54, 1.807) is 0 Å². The van der Waals surface area contributed by atoms with Gasteiger partial charge in [-0.15, -0.1) is 24.0 Å². The molecular weight excluding hydrogens is 425 g/mol. The summed E-state index contributed by atoms with van der Waals surface area (Å²) in [6.45, 7) is 13.3. The van der Waals surface area contributed by atoms with Gasteiger partial charge in [0.15, 0.2) is 5.96 Å². The monoisotopic (exact) mass is 461 g/mol. The number of nitrogens with zero attached hydrogens (tertiary/aromatic N) is 1. The van der Waals surface area contributed by atoms with Crippen molar-refractivity contribution < 1.29 is 5.11 Å². The Morgan fingerprint density at radius 2 is 1.80 bits per heavy atom. The maximum absolute atomic E-state index is 9.36. The number of rotatable bonds is 9. The first-order valence-electron chi connectivity index (χ1n) is 9.19. The van der Waals surface area contributed by atoms with Crippen molar-refractivity contribution in [3.63, 3.8) is 0 Å². The van der Waals surface area contributed by atoms with Crippen LogP contribution in [0.25, 0.3) is 0 Å². The van der Waals surface area contributed by atoms with Crippen LogP contribution in [0.2, 0.25) is 0 Å². The van der Waals surface area contributed by atoms with Crippen LogP contribution in [-0.2, 0) is 6.54 Å². The minimum Gasteiger partial charge on any atom is -0.396 e. The molecule has 3 N–H and O–H groups in total. The zero-order chi connectivity index (χ0) is 18.0. The van der Waals surface area contributed by atoms with Crippen molar-refractivity contribution in [3.05, 3.63) is 34.9 Å². The normalized spacial score (nSPS) is 11.8. The van der Waals surface area contributed by atoms with Crippen molar-refractivity contribution in [3.8, 4) is 0 Å². The second-order valence-electron chi connectivity index (χ2n) is 6.66. The number of guanidine groups is 1. The zero-order valence-electron chi connectivity index (χ0n) is 16.5. The molecule has 0 aliphatic rings. The SMILES string of the molecule is CCNC(=NCc1ccc(C)cc1C)NCC(CC)(CC)CCO.I. The standard InChI is InChI=1S/C20H35N3O.HI/c1-6-20(7-2,11-12-24)15-23-19(21-8-3)22-14-18-10-9-16(4)13-17(18)5;/h9-10,13,24H,6-8,11-12,14-15H2,1-5H3,(H2,21,22,23);1H. The third-order valence-corrected chi connectivity index (χ3v) is 5.02. The predicted octanol–water partition coefficient (Wildman–Crippen LogP) is 4.17. The second kappa shape index (κ2) is 12.5. The first-order valence-corrected chi connectivity index (χ1v) is 9.19. The summed E-state index contributed by atoms with van der Waals surface area (Å²) >= 11 is 0. The fourth-order valence-electron chi connectivity index (χ4n) is 2.98. The van der Waals surface area contributed by atoms with Crippen LogP contribution in [-0.4, -0.2) is 30.8 Å². The van der Waals surface area contributed by atoms with Gasteiger partial charge in [-0.3, -0.25) is 0 Å². The lowest BCUT2D eigenvalue weighted by atomic mass is 9.79. The number of halogens is 1. The Hall–Kier alpha value is -0.820. The molecule has 0 aromatic heterocycles. The molecule has 5 heteroatoms. The topological polar surface area (TPSA) is 56.7 Å². The predicted molar refractivity (Wildman–Crippen MR) is 119 cm³/mol. The van der Waals surface area contributed by atoms with Crippen LogP contribution in [0.3, 0.4) is 0 Å². The highest BCUT2D eigenvalue weighted by Crippen LogP contribution is 2.29. The summed E-state index contributed by atoms with van der Waals surface area (Å²) in [5.74, 6) is 0.849. The number of nitrogens with one attached hydrogen (secondary N) is 2. The molecule has 0 fully saturated rings. The lowest BCUT2D eigenvalue weighted by Crippen LogP contribution is -2.43. The summed E-state index contributed by atoms with van der Waals surface area (Å²) in [6.07, 6.45) is 2.92. The Labute approximate surface area is 170 Å². The lowest BCUT2D eigenvalue weighted by molar-refractivity contribution is 0.169. The van der Waals surface area contributed by atoms with E-state index in [1.807, 2.05) is 0 Å². The molecule has 0 saturated heterocycles. The molecule has 0 aliphatic carbocycles. The Morgan fingerprint density at radius 3 is 2.32 bits per heavy atom. The van der Waals surface area contributed by atoms with Gasteiger partial charge >= 0.3 is 0 Å². The van der Waals surface area contributed by atoms with Gasteiger partial charge in [-0.05, 0) is 56.6 Å². The minimum absolute atomic E-state index is 0. The van der Waals surface area contributed by atoms with E-state index >= 15 is 0 Å². The number of hydrogen-bond donors (Lipinski definition) is 3. The Bertz CT molecular complexity index is 528. The van der Waals surface area contributed by atoms with Crippen LogP contribution in [0, 0.1) is 19.3 Å². The fourth-order valence-corrected chi connectivity index (χ4v) is 2.98. The number of aliphatic hydroxyl groups is 1. The van der Waals surface area contributed by atoms with Gasteiger partial charge in [-0.1, -0.05) is 37.6 Å². The van der Waals surface area contributed by atoms with Crippen LogP contribution >= 0.6 is 24.0 Å². The van der Waals surface area contributed by atoms with Crippen molar-refractivity contribution in [1.82, 2.24) is 10.6 Å². The summed E-state index contributed by atoms with van der Waals surface area (Å²) in [5, 5.41) is 16.2. The molecule has 0 aliphatic heterocycles. The number of benzene rings is 1. The van der Waals surface area contributed by atoms with Crippen LogP contribution in [0.1, 0.15) is 56.7 Å². The molecule has 25 heavy (non-hydrogen) atoms. The van der Waals surface area contributed by atoms with E-state index in [4.69, 9.17) is 4.99 Å². The Kier molecular flexibility index (Phi) is 12.1. The van der Waals surface area contributed by atoms with E-state index < -0.39 is 0 Å². The van der Waals surface area contributed by atoms with Gasteiger partial charge in [0.05, 0.1) is 6.54 Å². The molecule has 0 unspecified atom stereocenters. The summed E-state index contributed by atoms with van der Waals surface area (Å²) in [7, 11) is 0. The fraction of sp³-hybridized carbons (Fsp3) is 0.650. The third-order valence-electron chi connectivity index (χ3n) is 5.02. The van der Waals surface area contributed by atoms with Gasteiger partial charge in [0.25, 0.3) is 0 Å². The van der Waals surface area contributed by atoms with Gasteiger partial charge in [0.1, 0.15) is 0 Å². The molecule has 0 bridgehead atoms. The van der Waals surface area contributed by atoms with E-state index in [2.05, 4.69) is 63.5 Å². The Morgan fingerprint density at radius 1 is 1.12 bits per heavy atom. The van der Waals surface area contributed by atoms with Gasteiger partial charge in [-0.25, -0.2) is 4.99 Å². The first kappa shape index (κ1) is 24.2. The van der Waals surface area contributed by atoms with Crippen molar-refractivity contribution in [1.29, 1.82) is 0 Å². The molecule has 1 aromatic carbocycles. The van der Waals surface area contributed by atoms with Crippen molar-refractivity contribution >= 4 is 29.9 Å². The van der Waals surface area contributed by atoms with E-state index in [0.29, 0.717) is 6.54 Å². The summed E-state index contributed by atoms with van der Waals surface area (Å²) in [5.41, 5.74) is 3.95. The third kappa shape index (κ3) is 7.94. The molecule has 1 rings (SSSR count). The molecular formula is C20H36IN3O. The van der Waals surface area contributed by atoms with Crippen molar-refractivity contribution in [2.24, 2.45) is 10.4 Å². The smallest absolute Gasteiger partial charge is 0.191 e. The van der Waals surface area contributed by atoms with E-state index in [1.165, 1.54) is 16.7 Å². The molecule has 0 spiro atoms. The van der Waals surface area contributed by atoms with E-state index in [0.717, 1.165) is 38.3 Å². The van der Waals surface area contributed by atoms with Gasteiger partial charge < -0.3 is 15.7 Å². The summed E-state index contributed by atoms with van der Waals surface area (Å²) < 4.78 is 0. The highest BCUT2D eigenvalue weighted by atomic mass is 127.